The Morgan fingerprint density at radius 3 is 2.60 bits per heavy atom. The van der Waals surface area contributed by atoms with Crippen molar-refractivity contribution in [2.75, 3.05) is 13.1 Å². The molecule has 20 heavy (non-hydrogen) atoms. The van der Waals surface area contributed by atoms with Gasteiger partial charge in [-0.25, -0.2) is 0 Å². The highest BCUT2D eigenvalue weighted by Gasteiger charge is 2.21. The Morgan fingerprint density at radius 2 is 2.00 bits per heavy atom. The lowest BCUT2D eigenvalue weighted by Crippen LogP contribution is -2.45. The molecule has 1 unspecified atom stereocenters. The van der Waals surface area contributed by atoms with E-state index in [0.717, 1.165) is 26.1 Å². The molecule has 1 heterocycles. The van der Waals surface area contributed by atoms with Crippen LogP contribution in [0.25, 0.3) is 0 Å². The molecule has 1 fully saturated rings. The highest BCUT2D eigenvalue weighted by Crippen LogP contribution is 2.15. The van der Waals surface area contributed by atoms with Crippen molar-refractivity contribution in [1.29, 1.82) is 5.26 Å². The minimum atomic E-state index is 0.366. The van der Waals surface area contributed by atoms with E-state index in [1.807, 2.05) is 0 Å². The van der Waals surface area contributed by atoms with Gasteiger partial charge in [0, 0.05) is 18.6 Å². The van der Waals surface area contributed by atoms with Gasteiger partial charge in [-0.1, -0.05) is 37.3 Å². The normalized spacial score (nSPS) is 18.6. The van der Waals surface area contributed by atoms with Crippen LogP contribution in [0.5, 0.6) is 0 Å². The molecular weight excluding hydrogens is 246 g/mol. The van der Waals surface area contributed by atoms with Gasteiger partial charge in [0.2, 0.25) is 0 Å². The second-order valence-electron chi connectivity index (χ2n) is 5.67. The minimum absolute atomic E-state index is 0.366. The van der Waals surface area contributed by atoms with Crippen LogP contribution in [0, 0.1) is 11.3 Å². The van der Waals surface area contributed by atoms with Crippen LogP contribution < -0.4 is 5.32 Å². The van der Waals surface area contributed by atoms with Gasteiger partial charge in [-0.2, -0.15) is 5.26 Å². The Morgan fingerprint density at radius 1 is 1.30 bits per heavy atom. The maximum atomic E-state index is 8.81. The monoisotopic (exact) mass is 271 g/mol. The van der Waals surface area contributed by atoms with Gasteiger partial charge in [0.1, 0.15) is 0 Å². The van der Waals surface area contributed by atoms with E-state index in [1.54, 1.807) is 0 Å². The minimum Gasteiger partial charge on any atom is -0.310 e. The quantitative estimate of drug-likeness (QED) is 0.864. The van der Waals surface area contributed by atoms with Gasteiger partial charge in [-0.05, 0) is 37.9 Å². The number of hydrogen-bond acceptors (Lipinski definition) is 3. The summed E-state index contributed by atoms with van der Waals surface area (Å²) >= 11 is 0. The number of nitrogens with zero attached hydrogens (tertiary/aromatic N) is 2. The molecule has 0 amide bonds. The summed E-state index contributed by atoms with van der Waals surface area (Å²) in [6.45, 7) is 5.51. The van der Waals surface area contributed by atoms with Crippen LogP contribution in [0.4, 0.5) is 0 Å². The number of nitrogens with one attached hydrogen (secondary N) is 1. The summed E-state index contributed by atoms with van der Waals surface area (Å²) < 4.78 is 0. The first-order chi connectivity index (χ1) is 9.81. The highest BCUT2D eigenvalue weighted by molar-refractivity contribution is 5.14. The zero-order chi connectivity index (χ0) is 14.2. The summed E-state index contributed by atoms with van der Waals surface area (Å²) in [5, 5.41) is 12.4. The zero-order valence-electron chi connectivity index (χ0n) is 12.4. The number of likely N-dealkylation sites (tertiary alicyclic amines) is 1. The van der Waals surface area contributed by atoms with Crippen LogP contribution in [0.3, 0.4) is 0 Å². The third-order valence-corrected chi connectivity index (χ3v) is 4.14. The maximum absolute atomic E-state index is 8.81. The molecule has 3 heteroatoms. The molecule has 0 spiro atoms. The van der Waals surface area contributed by atoms with Crippen LogP contribution in [0.1, 0.15) is 38.2 Å². The number of nitriles is 1. The standard InChI is InChI=1S/C17H25N3/c1-2-16(8-11-18)19-17-9-12-20(13-10-17)14-15-6-4-3-5-7-15/h3-7,16-17,19H,2,8-10,12-14H2,1H3. The molecule has 1 saturated heterocycles. The van der Waals surface area contributed by atoms with Gasteiger partial charge in [0.05, 0.1) is 12.5 Å². The molecule has 1 N–H and O–H groups in total. The van der Waals surface area contributed by atoms with Crippen molar-refractivity contribution in [3.8, 4) is 6.07 Å². The summed E-state index contributed by atoms with van der Waals surface area (Å²) in [6.07, 6.45) is 4.04. The number of piperidine rings is 1. The van der Waals surface area contributed by atoms with Crippen LogP contribution in [-0.4, -0.2) is 30.1 Å². The van der Waals surface area contributed by atoms with E-state index in [4.69, 9.17) is 5.26 Å². The molecule has 0 bridgehead atoms. The molecule has 0 radical (unpaired) electrons. The topological polar surface area (TPSA) is 39.1 Å². The molecule has 1 aromatic rings. The van der Waals surface area contributed by atoms with Gasteiger partial charge in [0.25, 0.3) is 0 Å². The first-order valence-corrected chi connectivity index (χ1v) is 7.71. The summed E-state index contributed by atoms with van der Waals surface area (Å²) in [7, 11) is 0. The van der Waals surface area contributed by atoms with Gasteiger partial charge >= 0.3 is 0 Å². The third-order valence-electron chi connectivity index (χ3n) is 4.14. The van der Waals surface area contributed by atoms with Crippen LogP contribution >= 0.6 is 0 Å². The van der Waals surface area contributed by atoms with Crippen molar-refractivity contribution < 1.29 is 0 Å². The van der Waals surface area contributed by atoms with E-state index < -0.39 is 0 Å². The van der Waals surface area contributed by atoms with Gasteiger partial charge in [-0.15, -0.1) is 0 Å². The molecular formula is C17H25N3. The van der Waals surface area contributed by atoms with E-state index in [0.29, 0.717) is 18.5 Å². The molecule has 1 aliphatic heterocycles. The Bertz CT molecular complexity index is 416. The largest absolute Gasteiger partial charge is 0.310 e. The Labute approximate surface area is 122 Å². The van der Waals surface area contributed by atoms with Crippen LogP contribution in [0.2, 0.25) is 0 Å². The first-order valence-electron chi connectivity index (χ1n) is 7.71. The molecule has 0 aromatic heterocycles. The molecule has 2 rings (SSSR count). The van der Waals surface area contributed by atoms with E-state index in [1.165, 1.54) is 18.4 Å². The lowest BCUT2D eigenvalue weighted by atomic mass is 10.0. The molecule has 1 aromatic carbocycles. The zero-order valence-corrected chi connectivity index (χ0v) is 12.4. The number of benzene rings is 1. The Hall–Kier alpha value is -1.37. The molecule has 1 aliphatic rings. The van der Waals surface area contributed by atoms with Crippen LogP contribution in [0.15, 0.2) is 30.3 Å². The second kappa shape index (κ2) is 8.04. The molecule has 3 nitrogen and oxygen atoms in total. The molecule has 1 atom stereocenters. The van der Waals surface area contributed by atoms with Crippen molar-refractivity contribution in [3.05, 3.63) is 35.9 Å². The van der Waals surface area contributed by atoms with Crippen molar-refractivity contribution >= 4 is 0 Å². The summed E-state index contributed by atoms with van der Waals surface area (Å²) in [5.41, 5.74) is 1.40. The first kappa shape index (κ1) is 15.0. The molecule has 108 valence electrons. The molecule has 0 aliphatic carbocycles. The fraction of sp³-hybridized carbons (Fsp3) is 0.588. The second-order valence-corrected chi connectivity index (χ2v) is 5.67. The van der Waals surface area contributed by atoms with Crippen LogP contribution in [-0.2, 0) is 6.54 Å². The van der Waals surface area contributed by atoms with Crippen molar-refractivity contribution in [3.63, 3.8) is 0 Å². The summed E-state index contributed by atoms with van der Waals surface area (Å²) in [5.74, 6) is 0. The summed E-state index contributed by atoms with van der Waals surface area (Å²) in [4.78, 5) is 2.53. The van der Waals surface area contributed by atoms with Crippen molar-refractivity contribution in [2.24, 2.45) is 0 Å². The smallest absolute Gasteiger partial charge is 0.0638 e. The summed E-state index contributed by atoms with van der Waals surface area (Å²) in [6, 6.07) is 13.9. The predicted molar refractivity (Wildman–Crippen MR) is 82.2 cm³/mol. The third kappa shape index (κ3) is 4.63. The average molecular weight is 271 g/mol. The molecule has 0 saturated carbocycles. The van der Waals surface area contributed by atoms with E-state index >= 15 is 0 Å². The van der Waals surface area contributed by atoms with Crippen molar-refractivity contribution in [2.45, 2.75) is 51.2 Å². The lowest BCUT2D eigenvalue weighted by molar-refractivity contribution is 0.183. The predicted octanol–water partition coefficient (Wildman–Crippen LogP) is 2.93. The highest BCUT2D eigenvalue weighted by atomic mass is 15.1. The fourth-order valence-electron chi connectivity index (χ4n) is 2.86. The maximum Gasteiger partial charge on any atom is 0.0638 e. The SMILES string of the molecule is CCC(CC#N)NC1CCN(Cc2ccccc2)CC1. The van der Waals surface area contributed by atoms with E-state index in [2.05, 4.69) is 53.5 Å². The van der Waals surface area contributed by atoms with E-state index in [9.17, 15) is 0 Å². The fourth-order valence-corrected chi connectivity index (χ4v) is 2.86. The number of hydrogen-bond donors (Lipinski definition) is 1. The van der Waals surface area contributed by atoms with E-state index in [-0.39, 0.29) is 0 Å². The van der Waals surface area contributed by atoms with Gasteiger partial charge in [-0.3, -0.25) is 4.90 Å². The van der Waals surface area contributed by atoms with Gasteiger partial charge in [0.15, 0.2) is 0 Å². The van der Waals surface area contributed by atoms with Gasteiger partial charge < -0.3 is 5.32 Å². The number of rotatable bonds is 6. The Kier molecular flexibility index (Phi) is 6.04. The average Bonchev–Trinajstić information content (AvgIpc) is 2.50. The van der Waals surface area contributed by atoms with Crippen molar-refractivity contribution in [1.82, 2.24) is 10.2 Å². The Balaban J connectivity index is 1.74. The lowest BCUT2D eigenvalue weighted by Gasteiger charge is -2.34.